The maximum absolute atomic E-state index is 13.4. The number of amides is 2. The molecule has 0 aliphatic heterocycles. The molecular formula is C28H38ClN3O5S. The van der Waals surface area contributed by atoms with E-state index in [0.717, 1.165) is 37.5 Å². The monoisotopic (exact) mass is 563 g/mol. The molecule has 1 aliphatic rings. The van der Waals surface area contributed by atoms with Crippen LogP contribution in [-0.2, 0) is 26.2 Å². The summed E-state index contributed by atoms with van der Waals surface area (Å²) in [6.45, 7) is 4.48. The molecule has 0 saturated heterocycles. The molecule has 0 radical (unpaired) electrons. The number of halogens is 1. The normalized spacial score (nSPS) is 14.6. The lowest BCUT2D eigenvalue weighted by atomic mass is 10.1. The van der Waals surface area contributed by atoms with Crippen LogP contribution >= 0.6 is 11.6 Å². The van der Waals surface area contributed by atoms with Gasteiger partial charge in [-0.3, -0.25) is 13.9 Å². The zero-order chi connectivity index (χ0) is 27.7. The second-order valence-corrected chi connectivity index (χ2v) is 12.0. The predicted molar refractivity (Wildman–Crippen MR) is 151 cm³/mol. The highest BCUT2D eigenvalue weighted by molar-refractivity contribution is 7.92. The lowest BCUT2D eigenvalue weighted by Gasteiger charge is -2.30. The zero-order valence-corrected chi connectivity index (χ0v) is 23.9. The number of nitrogens with one attached hydrogen (secondary N) is 1. The van der Waals surface area contributed by atoms with Crippen molar-refractivity contribution in [3.8, 4) is 5.75 Å². The van der Waals surface area contributed by atoms with Gasteiger partial charge in [0, 0.05) is 30.6 Å². The molecule has 2 aromatic carbocycles. The first-order chi connectivity index (χ1) is 18.1. The molecule has 1 unspecified atom stereocenters. The summed E-state index contributed by atoms with van der Waals surface area (Å²) in [5.74, 6) is 0.250. The Balaban J connectivity index is 1.70. The quantitative estimate of drug-likeness (QED) is 0.379. The number of sulfonamides is 1. The summed E-state index contributed by atoms with van der Waals surface area (Å²) in [6, 6.07) is 13.5. The third-order valence-corrected chi connectivity index (χ3v) is 8.13. The van der Waals surface area contributed by atoms with Gasteiger partial charge in [-0.05, 0) is 75.1 Å². The van der Waals surface area contributed by atoms with Crippen molar-refractivity contribution in [2.45, 2.75) is 71.0 Å². The lowest BCUT2D eigenvalue weighted by Crippen LogP contribution is -2.49. The zero-order valence-electron chi connectivity index (χ0n) is 22.4. The molecule has 1 saturated carbocycles. The first-order valence-electron chi connectivity index (χ1n) is 13.1. The van der Waals surface area contributed by atoms with Crippen molar-refractivity contribution in [2.24, 2.45) is 0 Å². The van der Waals surface area contributed by atoms with Crippen LogP contribution in [0.5, 0.6) is 5.75 Å². The fourth-order valence-electron chi connectivity index (χ4n) is 4.69. The van der Waals surface area contributed by atoms with E-state index in [9.17, 15) is 18.0 Å². The molecule has 1 fully saturated rings. The van der Waals surface area contributed by atoms with Crippen molar-refractivity contribution in [3.63, 3.8) is 0 Å². The van der Waals surface area contributed by atoms with E-state index in [1.165, 1.54) is 4.31 Å². The number of nitrogens with zero attached hydrogens (tertiary/aromatic N) is 2. The molecule has 0 spiro atoms. The molecule has 208 valence electrons. The minimum Gasteiger partial charge on any atom is -0.494 e. The molecule has 1 aliphatic carbocycles. The Labute approximate surface area is 231 Å². The van der Waals surface area contributed by atoms with Crippen molar-refractivity contribution >= 4 is 39.1 Å². The van der Waals surface area contributed by atoms with Crippen LogP contribution in [-0.4, -0.2) is 56.6 Å². The second-order valence-electron chi connectivity index (χ2n) is 9.68. The van der Waals surface area contributed by atoms with Gasteiger partial charge in [-0.2, -0.15) is 0 Å². The molecule has 10 heteroatoms. The molecule has 2 amide bonds. The third kappa shape index (κ3) is 8.63. The van der Waals surface area contributed by atoms with Gasteiger partial charge in [0.25, 0.3) is 0 Å². The van der Waals surface area contributed by atoms with Crippen molar-refractivity contribution < 1.29 is 22.7 Å². The van der Waals surface area contributed by atoms with E-state index in [-0.39, 0.29) is 37.4 Å². The summed E-state index contributed by atoms with van der Waals surface area (Å²) in [5, 5.41) is 3.64. The average molecular weight is 564 g/mol. The van der Waals surface area contributed by atoms with Gasteiger partial charge in [0.2, 0.25) is 21.8 Å². The summed E-state index contributed by atoms with van der Waals surface area (Å²) < 4.78 is 31.8. The summed E-state index contributed by atoms with van der Waals surface area (Å²) >= 11 is 6.16. The van der Waals surface area contributed by atoms with Crippen LogP contribution in [0, 0.1) is 0 Å². The minimum absolute atomic E-state index is 0.0880. The van der Waals surface area contributed by atoms with Gasteiger partial charge >= 0.3 is 0 Å². The Morgan fingerprint density at radius 3 is 2.42 bits per heavy atom. The van der Waals surface area contributed by atoms with Gasteiger partial charge in [0.15, 0.2) is 0 Å². The van der Waals surface area contributed by atoms with Crippen LogP contribution in [0.1, 0.15) is 57.9 Å². The van der Waals surface area contributed by atoms with Crippen LogP contribution in [0.25, 0.3) is 0 Å². The number of anilines is 1. The summed E-state index contributed by atoms with van der Waals surface area (Å²) in [6.07, 6.45) is 5.62. The van der Waals surface area contributed by atoms with Crippen molar-refractivity contribution in [3.05, 3.63) is 59.1 Å². The van der Waals surface area contributed by atoms with E-state index < -0.39 is 16.1 Å². The van der Waals surface area contributed by atoms with E-state index in [1.54, 1.807) is 48.2 Å². The van der Waals surface area contributed by atoms with Gasteiger partial charge in [0.1, 0.15) is 11.8 Å². The van der Waals surface area contributed by atoms with E-state index in [4.69, 9.17) is 16.3 Å². The van der Waals surface area contributed by atoms with Crippen LogP contribution in [0.2, 0.25) is 5.02 Å². The Morgan fingerprint density at radius 2 is 1.82 bits per heavy atom. The fourth-order valence-corrected chi connectivity index (χ4v) is 5.86. The maximum atomic E-state index is 13.4. The first-order valence-corrected chi connectivity index (χ1v) is 15.4. The molecule has 8 nitrogen and oxygen atoms in total. The van der Waals surface area contributed by atoms with Crippen LogP contribution in [0.4, 0.5) is 5.69 Å². The Hall–Kier alpha value is -2.78. The number of carbonyl (C=O) groups excluding carboxylic acids is 2. The molecule has 1 atom stereocenters. The SMILES string of the molecule is CCOc1ccc(N(CCCC(=O)N(Cc2cccc(Cl)c2)C(C)C(=O)NC2CCCC2)S(C)(=O)=O)cc1. The van der Waals surface area contributed by atoms with Gasteiger partial charge < -0.3 is 15.0 Å². The summed E-state index contributed by atoms with van der Waals surface area (Å²) in [7, 11) is -3.57. The fraction of sp³-hybridized carbons (Fsp3) is 0.500. The number of hydrogen-bond acceptors (Lipinski definition) is 5. The maximum Gasteiger partial charge on any atom is 0.242 e. The number of ether oxygens (including phenoxy) is 1. The average Bonchev–Trinajstić information content (AvgIpc) is 3.38. The Kier molecular flexibility index (Phi) is 10.8. The number of hydrogen-bond donors (Lipinski definition) is 1. The van der Waals surface area contributed by atoms with Gasteiger partial charge in [-0.1, -0.05) is 36.6 Å². The summed E-state index contributed by atoms with van der Waals surface area (Å²) in [5.41, 5.74) is 1.32. The van der Waals surface area contributed by atoms with E-state index >= 15 is 0 Å². The van der Waals surface area contributed by atoms with E-state index in [1.807, 2.05) is 19.1 Å². The second kappa shape index (κ2) is 13.8. The Bertz CT molecular complexity index is 1180. The van der Waals surface area contributed by atoms with Crippen LogP contribution in [0.3, 0.4) is 0 Å². The summed E-state index contributed by atoms with van der Waals surface area (Å²) in [4.78, 5) is 28.0. The van der Waals surface area contributed by atoms with Gasteiger partial charge in [-0.25, -0.2) is 8.42 Å². The van der Waals surface area contributed by atoms with Gasteiger partial charge in [-0.15, -0.1) is 0 Å². The standard InChI is InChI=1S/C28H38ClN3O5S/c1-4-37-26-16-14-25(15-17-26)32(38(3,35)36)18-8-13-27(33)31(20-22-9-7-10-23(29)19-22)21(2)28(34)30-24-11-5-6-12-24/h7,9-10,14-17,19,21,24H,4-6,8,11-13,18,20H2,1-3H3,(H,30,34). The molecule has 3 rings (SSSR count). The Morgan fingerprint density at radius 1 is 1.13 bits per heavy atom. The van der Waals surface area contributed by atoms with Crippen molar-refractivity contribution in [1.29, 1.82) is 0 Å². The minimum atomic E-state index is -3.57. The molecule has 38 heavy (non-hydrogen) atoms. The van der Waals surface area contributed by atoms with Crippen LogP contribution < -0.4 is 14.4 Å². The predicted octanol–water partition coefficient (Wildman–Crippen LogP) is 4.76. The number of rotatable bonds is 13. The van der Waals surface area contributed by atoms with Crippen molar-refractivity contribution in [2.75, 3.05) is 23.7 Å². The lowest BCUT2D eigenvalue weighted by molar-refractivity contribution is -0.141. The topological polar surface area (TPSA) is 96.0 Å². The smallest absolute Gasteiger partial charge is 0.242 e. The van der Waals surface area contributed by atoms with Gasteiger partial charge in [0.05, 0.1) is 18.6 Å². The third-order valence-electron chi connectivity index (χ3n) is 6.70. The van der Waals surface area contributed by atoms with E-state index in [0.29, 0.717) is 29.5 Å². The molecule has 0 aromatic heterocycles. The number of carbonyl (C=O) groups is 2. The highest BCUT2D eigenvalue weighted by Crippen LogP contribution is 2.23. The molecule has 1 N–H and O–H groups in total. The molecule has 0 bridgehead atoms. The highest BCUT2D eigenvalue weighted by atomic mass is 35.5. The molecular weight excluding hydrogens is 526 g/mol. The van der Waals surface area contributed by atoms with Crippen molar-refractivity contribution in [1.82, 2.24) is 10.2 Å². The highest BCUT2D eigenvalue weighted by Gasteiger charge is 2.28. The first kappa shape index (κ1) is 29.8. The van der Waals surface area contributed by atoms with E-state index in [2.05, 4.69) is 5.32 Å². The van der Waals surface area contributed by atoms with Crippen LogP contribution in [0.15, 0.2) is 48.5 Å². The number of benzene rings is 2. The largest absolute Gasteiger partial charge is 0.494 e. The molecule has 2 aromatic rings. The molecule has 0 heterocycles.